The molecule has 7 heteroatoms. The largest absolute Gasteiger partial charge is 0.497 e. The first kappa shape index (κ1) is 18.4. The molecule has 0 spiro atoms. The lowest BCUT2D eigenvalue weighted by Gasteiger charge is -2.22. The minimum absolute atomic E-state index is 0.363. The summed E-state index contributed by atoms with van der Waals surface area (Å²) in [6, 6.07) is 13.5. The highest BCUT2D eigenvalue weighted by Crippen LogP contribution is 2.29. The van der Waals surface area contributed by atoms with Crippen LogP contribution in [-0.2, 0) is 15.1 Å². The van der Waals surface area contributed by atoms with Gasteiger partial charge in [0.25, 0.3) is 5.91 Å². The molecular formula is C20H21N3O4. The van der Waals surface area contributed by atoms with Gasteiger partial charge < -0.3 is 15.4 Å². The predicted octanol–water partition coefficient (Wildman–Crippen LogP) is 2.41. The zero-order chi connectivity index (χ0) is 19.6. The van der Waals surface area contributed by atoms with Gasteiger partial charge in [0.2, 0.25) is 5.91 Å². The third kappa shape index (κ3) is 3.62. The van der Waals surface area contributed by atoms with Crippen molar-refractivity contribution in [1.29, 1.82) is 0 Å². The molecule has 0 aliphatic carbocycles. The Morgan fingerprint density at radius 2 is 1.74 bits per heavy atom. The van der Waals surface area contributed by atoms with Crippen LogP contribution in [0.25, 0.3) is 0 Å². The molecule has 2 N–H and O–H groups in total. The van der Waals surface area contributed by atoms with Crippen LogP contribution in [0.15, 0.2) is 48.5 Å². The minimum atomic E-state index is -1.19. The molecule has 7 nitrogen and oxygen atoms in total. The Hall–Kier alpha value is -3.35. The summed E-state index contributed by atoms with van der Waals surface area (Å²) >= 11 is 0. The summed E-state index contributed by atoms with van der Waals surface area (Å²) < 4.78 is 5.06. The third-order valence-electron chi connectivity index (χ3n) is 4.58. The number of anilines is 1. The second-order valence-corrected chi connectivity index (χ2v) is 6.59. The number of urea groups is 1. The van der Waals surface area contributed by atoms with Crippen LogP contribution in [0.5, 0.6) is 5.75 Å². The van der Waals surface area contributed by atoms with Gasteiger partial charge in [0, 0.05) is 5.69 Å². The van der Waals surface area contributed by atoms with Gasteiger partial charge >= 0.3 is 6.03 Å². The van der Waals surface area contributed by atoms with Gasteiger partial charge in [-0.25, -0.2) is 4.79 Å². The highest BCUT2D eigenvalue weighted by Gasteiger charge is 2.49. The van der Waals surface area contributed by atoms with E-state index in [2.05, 4.69) is 10.6 Å². The maximum absolute atomic E-state index is 12.8. The van der Waals surface area contributed by atoms with Crippen LogP contribution >= 0.6 is 0 Å². The van der Waals surface area contributed by atoms with E-state index in [-0.39, 0.29) is 6.54 Å². The number of imide groups is 1. The fraction of sp³-hybridized carbons (Fsp3) is 0.250. The van der Waals surface area contributed by atoms with E-state index in [1.165, 1.54) is 0 Å². The molecule has 1 unspecified atom stereocenters. The van der Waals surface area contributed by atoms with E-state index in [4.69, 9.17) is 4.74 Å². The van der Waals surface area contributed by atoms with E-state index in [1.54, 1.807) is 50.4 Å². The van der Waals surface area contributed by atoms with Crippen molar-refractivity contribution in [2.24, 2.45) is 0 Å². The Morgan fingerprint density at radius 1 is 1.11 bits per heavy atom. The molecule has 1 aliphatic heterocycles. The van der Waals surface area contributed by atoms with Crippen LogP contribution in [0, 0.1) is 6.92 Å². The molecule has 140 valence electrons. The lowest BCUT2D eigenvalue weighted by molar-refractivity contribution is -0.133. The molecule has 2 aromatic rings. The molecule has 1 aliphatic rings. The minimum Gasteiger partial charge on any atom is -0.497 e. The molecule has 1 heterocycles. The lowest BCUT2D eigenvalue weighted by Crippen LogP contribution is -2.42. The Bertz CT molecular complexity index is 877. The Balaban J connectivity index is 1.71. The van der Waals surface area contributed by atoms with Gasteiger partial charge in [-0.15, -0.1) is 0 Å². The predicted molar refractivity (Wildman–Crippen MR) is 100 cm³/mol. The van der Waals surface area contributed by atoms with Crippen LogP contribution in [-0.4, -0.2) is 36.4 Å². The molecule has 0 bridgehead atoms. The topological polar surface area (TPSA) is 87.7 Å². The maximum atomic E-state index is 12.8. The molecule has 1 atom stereocenters. The van der Waals surface area contributed by atoms with Crippen molar-refractivity contribution >= 4 is 23.5 Å². The molecule has 2 aromatic carbocycles. The number of amides is 4. The monoisotopic (exact) mass is 367 g/mol. The maximum Gasteiger partial charge on any atom is 0.325 e. The van der Waals surface area contributed by atoms with Crippen LogP contribution in [0.3, 0.4) is 0 Å². The van der Waals surface area contributed by atoms with Crippen LogP contribution in [0.1, 0.15) is 18.1 Å². The van der Waals surface area contributed by atoms with E-state index < -0.39 is 23.4 Å². The number of rotatable bonds is 5. The first-order chi connectivity index (χ1) is 12.8. The van der Waals surface area contributed by atoms with Crippen LogP contribution in [0.2, 0.25) is 0 Å². The van der Waals surface area contributed by atoms with E-state index in [0.29, 0.717) is 17.0 Å². The zero-order valence-corrected chi connectivity index (χ0v) is 15.4. The fourth-order valence-corrected chi connectivity index (χ4v) is 2.94. The Kier molecular flexibility index (Phi) is 4.85. The fourth-order valence-electron chi connectivity index (χ4n) is 2.94. The molecule has 4 amide bonds. The van der Waals surface area contributed by atoms with Crippen molar-refractivity contribution in [3.63, 3.8) is 0 Å². The normalized spacial score (nSPS) is 19.0. The number of carbonyl (C=O) groups excluding carboxylic acids is 3. The molecule has 27 heavy (non-hydrogen) atoms. The van der Waals surface area contributed by atoms with Crippen molar-refractivity contribution in [3.8, 4) is 5.75 Å². The first-order valence-corrected chi connectivity index (χ1v) is 8.48. The second kappa shape index (κ2) is 7.11. The molecule has 1 fully saturated rings. The highest BCUT2D eigenvalue weighted by molar-refractivity contribution is 6.10. The first-order valence-electron chi connectivity index (χ1n) is 8.48. The van der Waals surface area contributed by atoms with Crippen molar-refractivity contribution < 1.29 is 19.1 Å². The SMILES string of the molecule is COc1ccc(NC(=O)CN2C(=O)NC(C)(c3ccc(C)cc3)C2=O)cc1. The Morgan fingerprint density at radius 3 is 2.33 bits per heavy atom. The quantitative estimate of drug-likeness (QED) is 0.795. The number of nitrogens with zero attached hydrogens (tertiary/aromatic N) is 1. The van der Waals surface area contributed by atoms with E-state index >= 15 is 0 Å². The summed E-state index contributed by atoms with van der Waals surface area (Å²) in [5.74, 6) is -0.256. The van der Waals surface area contributed by atoms with Gasteiger partial charge in [-0.05, 0) is 43.7 Å². The summed E-state index contributed by atoms with van der Waals surface area (Å²) in [7, 11) is 1.55. The Labute approximate surface area is 157 Å². The molecule has 0 saturated carbocycles. The summed E-state index contributed by atoms with van der Waals surface area (Å²) in [6.07, 6.45) is 0. The van der Waals surface area contributed by atoms with Gasteiger partial charge in [0.1, 0.15) is 17.8 Å². The van der Waals surface area contributed by atoms with E-state index in [9.17, 15) is 14.4 Å². The van der Waals surface area contributed by atoms with Crippen LogP contribution in [0.4, 0.5) is 10.5 Å². The third-order valence-corrected chi connectivity index (χ3v) is 4.58. The molecule has 0 aromatic heterocycles. The average Bonchev–Trinajstić information content (AvgIpc) is 2.87. The van der Waals surface area contributed by atoms with Crippen molar-refractivity contribution in [2.45, 2.75) is 19.4 Å². The second-order valence-electron chi connectivity index (χ2n) is 6.59. The van der Waals surface area contributed by atoms with Gasteiger partial charge in [-0.1, -0.05) is 29.8 Å². The summed E-state index contributed by atoms with van der Waals surface area (Å²) in [5, 5.41) is 5.36. The lowest BCUT2D eigenvalue weighted by atomic mass is 9.91. The number of ether oxygens (including phenoxy) is 1. The van der Waals surface area contributed by atoms with Gasteiger partial charge in [-0.2, -0.15) is 0 Å². The number of hydrogen-bond acceptors (Lipinski definition) is 4. The van der Waals surface area contributed by atoms with Gasteiger partial charge in [0.05, 0.1) is 7.11 Å². The number of hydrogen-bond donors (Lipinski definition) is 2. The highest BCUT2D eigenvalue weighted by atomic mass is 16.5. The van der Waals surface area contributed by atoms with Crippen molar-refractivity contribution in [1.82, 2.24) is 10.2 Å². The van der Waals surface area contributed by atoms with Gasteiger partial charge in [0.15, 0.2) is 0 Å². The molecule has 0 radical (unpaired) electrons. The average molecular weight is 367 g/mol. The zero-order valence-electron chi connectivity index (χ0n) is 15.4. The number of aryl methyl sites for hydroxylation is 1. The van der Waals surface area contributed by atoms with Crippen molar-refractivity contribution in [3.05, 3.63) is 59.7 Å². The van der Waals surface area contributed by atoms with E-state index in [1.807, 2.05) is 19.1 Å². The summed E-state index contributed by atoms with van der Waals surface area (Å²) in [4.78, 5) is 38.4. The number of methoxy groups -OCH3 is 1. The number of nitrogens with one attached hydrogen (secondary N) is 2. The standard InChI is InChI=1S/C20H21N3O4/c1-13-4-6-14(7-5-13)20(2)18(25)23(19(26)22-20)12-17(24)21-15-8-10-16(27-3)11-9-15/h4-11H,12H2,1-3H3,(H,21,24)(H,22,26). The summed E-state index contributed by atoms with van der Waals surface area (Å²) in [5.41, 5.74) is 1.08. The smallest absolute Gasteiger partial charge is 0.325 e. The summed E-state index contributed by atoms with van der Waals surface area (Å²) in [6.45, 7) is 3.22. The molecule has 3 rings (SSSR count). The number of carbonyl (C=O) groups is 3. The molecular weight excluding hydrogens is 346 g/mol. The van der Waals surface area contributed by atoms with Crippen LogP contribution < -0.4 is 15.4 Å². The number of benzene rings is 2. The van der Waals surface area contributed by atoms with Crippen molar-refractivity contribution in [2.75, 3.05) is 19.0 Å². The van der Waals surface area contributed by atoms with E-state index in [0.717, 1.165) is 10.5 Å². The van der Waals surface area contributed by atoms with Gasteiger partial charge in [-0.3, -0.25) is 14.5 Å². The molecule has 1 saturated heterocycles.